The van der Waals surface area contributed by atoms with Crippen LogP contribution in [0.15, 0.2) is 47.0 Å². The molecule has 1 atom stereocenters. The first-order chi connectivity index (χ1) is 12.4. The summed E-state index contributed by atoms with van der Waals surface area (Å²) in [5, 5.41) is 2.01. The average Bonchev–Trinajstić information content (AvgIpc) is 3.38. The van der Waals surface area contributed by atoms with Crippen LogP contribution in [0.1, 0.15) is 46.7 Å². The summed E-state index contributed by atoms with van der Waals surface area (Å²) in [5.41, 5.74) is 0.771. The van der Waals surface area contributed by atoms with Gasteiger partial charge in [0, 0.05) is 17.7 Å². The molecule has 134 valence electrons. The number of rotatable bonds is 4. The van der Waals surface area contributed by atoms with Gasteiger partial charge in [0.1, 0.15) is 5.52 Å². The minimum atomic E-state index is -4.67. The largest absolute Gasteiger partial charge is 0.440 e. The van der Waals surface area contributed by atoms with Gasteiger partial charge < -0.3 is 9.73 Å². The molecule has 2 heterocycles. The number of carbonyl (C=O) groups excluding carboxylic acids is 1. The molecule has 0 saturated heterocycles. The van der Waals surface area contributed by atoms with Crippen LogP contribution in [0.25, 0.3) is 11.1 Å². The van der Waals surface area contributed by atoms with Crippen molar-refractivity contribution in [1.29, 1.82) is 0 Å². The number of pyridine rings is 1. The van der Waals surface area contributed by atoms with E-state index < -0.39 is 18.1 Å². The molecule has 1 amide bonds. The standard InChI is InChI=1S/C18H14F3N3O2/c19-18(20,21)15(13-3-1-2-8-22-13)24-16(25)11-6-7-12-14(9-11)26-17(23-12)10-4-5-10/h1-3,6-10,15H,4-5H2,(H,24,25). The van der Waals surface area contributed by atoms with E-state index in [4.69, 9.17) is 4.42 Å². The second-order valence-electron chi connectivity index (χ2n) is 6.21. The summed E-state index contributed by atoms with van der Waals surface area (Å²) in [7, 11) is 0. The molecule has 2 aromatic heterocycles. The van der Waals surface area contributed by atoms with Crippen molar-refractivity contribution < 1.29 is 22.4 Å². The number of benzene rings is 1. The molecule has 1 unspecified atom stereocenters. The topological polar surface area (TPSA) is 68.0 Å². The van der Waals surface area contributed by atoms with Crippen molar-refractivity contribution in [2.24, 2.45) is 0 Å². The third-order valence-electron chi connectivity index (χ3n) is 4.18. The van der Waals surface area contributed by atoms with E-state index in [9.17, 15) is 18.0 Å². The molecule has 0 radical (unpaired) electrons. The Balaban J connectivity index is 1.60. The Morgan fingerprint density at radius 3 is 2.69 bits per heavy atom. The van der Waals surface area contributed by atoms with Crippen molar-refractivity contribution in [2.75, 3.05) is 0 Å². The summed E-state index contributed by atoms with van der Waals surface area (Å²) in [5.74, 6) is 0.0573. The molecular weight excluding hydrogens is 347 g/mol. The molecule has 26 heavy (non-hydrogen) atoms. The number of nitrogens with zero attached hydrogens (tertiary/aromatic N) is 2. The highest BCUT2D eigenvalue weighted by molar-refractivity contribution is 5.97. The molecule has 5 nitrogen and oxygen atoms in total. The van der Waals surface area contributed by atoms with Crippen molar-refractivity contribution in [3.05, 3.63) is 59.7 Å². The molecule has 3 aromatic rings. The van der Waals surface area contributed by atoms with Crippen molar-refractivity contribution >= 4 is 17.0 Å². The van der Waals surface area contributed by atoms with Crippen LogP contribution >= 0.6 is 0 Å². The number of hydrogen-bond acceptors (Lipinski definition) is 4. The third-order valence-corrected chi connectivity index (χ3v) is 4.18. The molecule has 0 aliphatic heterocycles. The lowest BCUT2D eigenvalue weighted by Gasteiger charge is -2.21. The molecule has 1 aromatic carbocycles. The zero-order valence-electron chi connectivity index (χ0n) is 13.5. The van der Waals surface area contributed by atoms with Crippen molar-refractivity contribution in [3.63, 3.8) is 0 Å². The number of hydrogen-bond donors (Lipinski definition) is 1. The average molecular weight is 361 g/mol. The Bertz CT molecular complexity index is 949. The lowest BCUT2D eigenvalue weighted by Crippen LogP contribution is -2.38. The molecule has 1 fully saturated rings. The van der Waals surface area contributed by atoms with Gasteiger partial charge in [-0.05, 0) is 43.2 Å². The number of fused-ring (bicyclic) bond motifs is 1. The minimum Gasteiger partial charge on any atom is -0.440 e. The van der Waals surface area contributed by atoms with Crippen LogP contribution in [0.3, 0.4) is 0 Å². The van der Waals surface area contributed by atoms with E-state index in [1.165, 1.54) is 36.5 Å². The number of halogens is 3. The molecular formula is C18H14F3N3O2. The van der Waals surface area contributed by atoms with Crippen LogP contribution in [-0.2, 0) is 0 Å². The van der Waals surface area contributed by atoms with E-state index in [1.54, 1.807) is 6.07 Å². The Labute approximate surface area is 146 Å². The van der Waals surface area contributed by atoms with E-state index in [-0.39, 0.29) is 11.3 Å². The summed E-state index contributed by atoms with van der Waals surface area (Å²) < 4.78 is 45.7. The maximum atomic E-state index is 13.4. The zero-order chi connectivity index (χ0) is 18.3. The molecule has 0 spiro atoms. The fourth-order valence-electron chi connectivity index (χ4n) is 2.67. The first-order valence-electron chi connectivity index (χ1n) is 8.11. The van der Waals surface area contributed by atoms with Crippen LogP contribution in [0.2, 0.25) is 0 Å². The van der Waals surface area contributed by atoms with Crippen LogP contribution in [0.5, 0.6) is 0 Å². The molecule has 1 aliphatic rings. The van der Waals surface area contributed by atoms with Gasteiger partial charge in [-0.3, -0.25) is 9.78 Å². The lowest BCUT2D eigenvalue weighted by molar-refractivity contribution is -0.156. The smallest absolute Gasteiger partial charge is 0.414 e. The Morgan fingerprint density at radius 2 is 2.04 bits per heavy atom. The fourth-order valence-corrected chi connectivity index (χ4v) is 2.67. The number of oxazole rings is 1. The molecule has 0 bridgehead atoms. The predicted molar refractivity (Wildman–Crippen MR) is 86.5 cm³/mol. The zero-order valence-corrected chi connectivity index (χ0v) is 13.5. The van der Waals surface area contributed by atoms with Crippen LogP contribution in [-0.4, -0.2) is 22.1 Å². The maximum Gasteiger partial charge on any atom is 0.414 e. The van der Waals surface area contributed by atoms with E-state index in [0.29, 0.717) is 22.9 Å². The summed E-state index contributed by atoms with van der Waals surface area (Å²) in [6.45, 7) is 0. The maximum absolute atomic E-state index is 13.4. The van der Waals surface area contributed by atoms with Gasteiger partial charge in [0.05, 0.1) is 5.69 Å². The Kier molecular flexibility index (Phi) is 3.90. The highest BCUT2D eigenvalue weighted by atomic mass is 19.4. The van der Waals surface area contributed by atoms with Crippen LogP contribution < -0.4 is 5.32 Å². The summed E-state index contributed by atoms with van der Waals surface area (Å²) in [6, 6.07) is 6.39. The monoisotopic (exact) mass is 361 g/mol. The number of nitrogens with one attached hydrogen (secondary N) is 1. The number of amides is 1. The third kappa shape index (κ3) is 3.26. The van der Waals surface area contributed by atoms with Gasteiger partial charge in [0.15, 0.2) is 17.5 Å². The van der Waals surface area contributed by atoms with Gasteiger partial charge in [-0.25, -0.2) is 4.98 Å². The van der Waals surface area contributed by atoms with Crippen molar-refractivity contribution in [1.82, 2.24) is 15.3 Å². The van der Waals surface area contributed by atoms with E-state index in [1.807, 2.05) is 5.32 Å². The van der Waals surface area contributed by atoms with Gasteiger partial charge in [0.2, 0.25) is 0 Å². The highest BCUT2D eigenvalue weighted by Gasteiger charge is 2.43. The second kappa shape index (κ2) is 6.12. The number of alkyl halides is 3. The Morgan fingerprint density at radius 1 is 1.23 bits per heavy atom. The van der Waals surface area contributed by atoms with Gasteiger partial charge in [-0.1, -0.05) is 6.07 Å². The fraction of sp³-hybridized carbons (Fsp3) is 0.278. The number of carbonyl (C=O) groups is 1. The highest BCUT2D eigenvalue weighted by Crippen LogP contribution is 2.40. The van der Waals surface area contributed by atoms with Gasteiger partial charge in [-0.2, -0.15) is 13.2 Å². The molecule has 4 rings (SSSR count). The SMILES string of the molecule is O=C(NC(c1ccccn1)C(F)(F)F)c1ccc2nc(C3CC3)oc2c1. The molecule has 1 aliphatic carbocycles. The molecule has 1 N–H and O–H groups in total. The van der Waals surface area contributed by atoms with Crippen molar-refractivity contribution in [2.45, 2.75) is 31.0 Å². The first kappa shape index (κ1) is 16.6. The van der Waals surface area contributed by atoms with Crippen LogP contribution in [0.4, 0.5) is 13.2 Å². The van der Waals surface area contributed by atoms with E-state index in [0.717, 1.165) is 12.8 Å². The summed E-state index contributed by atoms with van der Waals surface area (Å²) in [4.78, 5) is 20.4. The normalized spacial score (nSPS) is 15.8. The quantitative estimate of drug-likeness (QED) is 0.759. The van der Waals surface area contributed by atoms with Gasteiger partial charge in [-0.15, -0.1) is 0 Å². The van der Waals surface area contributed by atoms with Crippen molar-refractivity contribution in [3.8, 4) is 0 Å². The van der Waals surface area contributed by atoms with Gasteiger partial charge >= 0.3 is 6.18 Å². The molecule has 1 saturated carbocycles. The summed E-state index contributed by atoms with van der Waals surface area (Å²) in [6.07, 6.45) is -1.39. The van der Waals surface area contributed by atoms with Crippen LogP contribution in [0, 0.1) is 0 Å². The predicted octanol–water partition coefficient (Wildman–Crippen LogP) is 4.13. The Hall–Kier alpha value is -2.90. The van der Waals surface area contributed by atoms with E-state index in [2.05, 4.69) is 9.97 Å². The first-order valence-corrected chi connectivity index (χ1v) is 8.11. The number of aromatic nitrogens is 2. The molecule has 8 heteroatoms. The second-order valence-corrected chi connectivity index (χ2v) is 6.21. The summed E-state index contributed by atoms with van der Waals surface area (Å²) >= 11 is 0. The van der Waals surface area contributed by atoms with E-state index >= 15 is 0 Å². The lowest BCUT2D eigenvalue weighted by atomic mass is 10.1. The van der Waals surface area contributed by atoms with Gasteiger partial charge in [0.25, 0.3) is 5.91 Å². The minimum absolute atomic E-state index is 0.0705.